The van der Waals surface area contributed by atoms with Crippen molar-refractivity contribution in [3.05, 3.63) is 58.4 Å². The number of nitrogens with one attached hydrogen (secondary N) is 3. The number of carbonyl (C=O) groups is 1. The molecule has 1 aromatic carbocycles. The van der Waals surface area contributed by atoms with Crippen LogP contribution in [0.4, 0.5) is 0 Å². The van der Waals surface area contributed by atoms with Gasteiger partial charge in [-0.15, -0.1) is 0 Å². The summed E-state index contributed by atoms with van der Waals surface area (Å²) in [6.07, 6.45) is 5.29. The van der Waals surface area contributed by atoms with Crippen LogP contribution in [0.25, 0.3) is 6.08 Å². The van der Waals surface area contributed by atoms with E-state index in [0.717, 1.165) is 41.1 Å². The van der Waals surface area contributed by atoms with Gasteiger partial charge in [0.05, 0.1) is 5.69 Å². The van der Waals surface area contributed by atoms with Crippen molar-refractivity contribution in [3.63, 3.8) is 0 Å². The van der Waals surface area contributed by atoms with E-state index >= 15 is 0 Å². The van der Waals surface area contributed by atoms with Crippen LogP contribution in [0.15, 0.2) is 30.3 Å². The van der Waals surface area contributed by atoms with Crippen LogP contribution in [0.2, 0.25) is 0 Å². The zero-order valence-electron chi connectivity index (χ0n) is 15.5. The van der Waals surface area contributed by atoms with E-state index in [1.165, 1.54) is 11.6 Å². The first kappa shape index (κ1) is 19.6. The van der Waals surface area contributed by atoms with Crippen LogP contribution < -0.4 is 5.48 Å². The molecule has 0 spiro atoms. The number of carbonyl (C=O) groups excluding carboxylic acids is 1. The first-order chi connectivity index (χ1) is 12.5. The Morgan fingerprint density at radius 3 is 2.58 bits per heavy atom. The highest BCUT2D eigenvalue weighted by Crippen LogP contribution is 2.24. The largest absolute Gasteiger partial charge is 0.309 e. The van der Waals surface area contributed by atoms with Crippen molar-refractivity contribution in [1.29, 1.82) is 5.41 Å². The summed E-state index contributed by atoms with van der Waals surface area (Å²) in [6.45, 7) is 6.09. The maximum absolute atomic E-state index is 11.0. The predicted octanol–water partition coefficient (Wildman–Crippen LogP) is 3.69. The van der Waals surface area contributed by atoms with Crippen molar-refractivity contribution in [1.82, 2.24) is 15.7 Å². The number of H-pyrrole nitrogens is 1. The molecule has 1 atom stereocenters. The van der Waals surface area contributed by atoms with Crippen molar-refractivity contribution in [2.24, 2.45) is 0 Å². The number of aromatic nitrogens is 2. The number of nitrogens with zero attached hydrogens (tertiary/aromatic N) is 1. The summed E-state index contributed by atoms with van der Waals surface area (Å²) in [5, 5.41) is 24.2. The van der Waals surface area contributed by atoms with Crippen LogP contribution in [0, 0.1) is 19.3 Å². The summed E-state index contributed by atoms with van der Waals surface area (Å²) < 4.78 is 0. The Bertz CT molecular complexity index is 771. The first-order valence-electron chi connectivity index (χ1n) is 8.76. The summed E-state index contributed by atoms with van der Waals surface area (Å²) >= 11 is 0. The smallest absolute Gasteiger partial charge is 0.267 e. The molecule has 0 saturated heterocycles. The van der Waals surface area contributed by atoms with Gasteiger partial charge < -0.3 is 5.41 Å². The fraction of sp³-hybridized carbons (Fsp3) is 0.350. The molecule has 0 fully saturated rings. The number of hydroxylamine groups is 1. The lowest BCUT2D eigenvalue weighted by Gasteiger charge is -2.17. The first-order valence-corrected chi connectivity index (χ1v) is 8.76. The van der Waals surface area contributed by atoms with E-state index in [0.29, 0.717) is 6.42 Å². The van der Waals surface area contributed by atoms with Crippen LogP contribution in [-0.4, -0.2) is 27.0 Å². The molecule has 6 nitrogen and oxygen atoms in total. The number of benzene rings is 1. The van der Waals surface area contributed by atoms with Gasteiger partial charge in [0, 0.05) is 23.4 Å². The van der Waals surface area contributed by atoms with E-state index in [1.807, 2.05) is 38.1 Å². The lowest BCUT2D eigenvalue weighted by atomic mass is 9.88. The molecule has 0 aliphatic heterocycles. The molecule has 26 heavy (non-hydrogen) atoms. The van der Waals surface area contributed by atoms with E-state index in [9.17, 15) is 4.79 Å². The Kier molecular flexibility index (Phi) is 6.86. The predicted molar refractivity (Wildman–Crippen MR) is 103 cm³/mol. The number of amides is 1. The van der Waals surface area contributed by atoms with Crippen molar-refractivity contribution in [2.75, 3.05) is 0 Å². The lowest BCUT2D eigenvalue weighted by Crippen LogP contribution is -2.14. The second kappa shape index (κ2) is 9.10. The van der Waals surface area contributed by atoms with E-state index in [1.54, 1.807) is 11.6 Å². The summed E-state index contributed by atoms with van der Waals surface area (Å²) in [5.41, 5.74) is 7.53. The molecule has 0 unspecified atom stereocenters. The van der Waals surface area contributed by atoms with E-state index in [-0.39, 0.29) is 5.92 Å². The van der Waals surface area contributed by atoms with Gasteiger partial charge in [-0.1, -0.05) is 31.2 Å². The minimum atomic E-state index is -0.563. The SMILES string of the molecule is CC[C@H](C(=N)CCc1c(C)n[nH]c1C)c1ccc(/C=C/C(=O)NO)cc1. The molecule has 0 saturated carbocycles. The van der Waals surface area contributed by atoms with E-state index < -0.39 is 5.91 Å². The number of hydrogen-bond donors (Lipinski definition) is 4. The maximum atomic E-state index is 11.0. The summed E-state index contributed by atoms with van der Waals surface area (Å²) in [5.74, 6) is -0.478. The number of rotatable bonds is 8. The highest BCUT2D eigenvalue weighted by atomic mass is 16.5. The number of aryl methyl sites for hydroxylation is 2. The zero-order valence-corrected chi connectivity index (χ0v) is 15.5. The molecule has 1 amide bonds. The fourth-order valence-corrected chi connectivity index (χ4v) is 3.11. The Morgan fingerprint density at radius 1 is 1.35 bits per heavy atom. The minimum Gasteiger partial charge on any atom is -0.309 e. The molecule has 1 heterocycles. The average molecular weight is 354 g/mol. The monoisotopic (exact) mass is 354 g/mol. The van der Waals surface area contributed by atoms with Gasteiger partial charge in [-0.2, -0.15) is 5.10 Å². The van der Waals surface area contributed by atoms with Gasteiger partial charge in [0.1, 0.15) is 0 Å². The van der Waals surface area contributed by atoms with Gasteiger partial charge in [0.2, 0.25) is 0 Å². The van der Waals surface area contributed by atoms with Crippen molar-refractivity contribution in [2.45, 2.75) is 46.0 Å². The molecule has 138 valence electrons. The van der Waals surface area contributed by atoms with Crippen molar-refractivity contribution < 1.29 is 10.0 Å². The van der Waals surface area contributed by atoms with Crippen molar-refractivity contribution in [3.8, 4) is 0 Å². The molecule has 2 aromatic rings. The normalized spacial score (nSPS) is 12.3. The third-order valence-electron chi connectivity index (χ3n) is 4.63. The third kappa shape index (κ3) is 4.89. The second-order valence-electron chi connectivity index (χ2n) is 6.37. The van der Waals surface area contributed by atoms with Crippen molar-refractivity contribution >= 4 is 17.7 Å². The third-order valence-corrected chi connectivity index (χ3v) is 4.63. The second-order valence-corrected chi connectivity index (χ2v) is 6.37. The Hall–Kier alpha value is -2.73. The Morgan fingerprint density at radius 2 is 2.04 bits per heavy atom. The summed E-state index contributed by atoms with van der Waals surface area (Å²) in [7, 11) is 0. The van der Waals surface area contributed by atoms with Crippen LogP contribution in [0.5, 0.6) is 0 Å². The number of aromatic amines is 1. The Balaban J connectivity index is 2.04. The molecule has 4 N–H and O–H groups in total. The van der Waals surface area contributed by atoms with Gasteiger partial charge in [0.25, 0.3) is 5.91 Å². The van der Waals surface area contributed by atoms with Gasteiger partial charge >= 0.3 is 0 Å². The van der Waals surface area contributed by atoms with E-state index in [4.69, 9.17) is 10.6 Å². The zero-order chi connectivity index (χ0) is 19.1. The average Bonchev–Trinajstić information content (AvgIpc) is 2.97. The van der Waals surface area contributed by atoms with Crippen LogP contribution in [0.1, 0.15) is 53.8 Å². The van der Waals surface area contributed by atoms with Crippen LogP contribution in [0.3, 0.4) is 0 Å². The van der Waals surface area contributed by atoms with Gasteiger partial charge in [-0.05, 0) is 55.9 Å². The van der Waals surface area contributed by atoms with Crippen LogP contribution >= 0.6 is 0 Å². The molecule has 0 aliphatic rings. The summed E-state index contributed by atoms with van der Waals surface area (Å²) in [6, 6.07) is 7.81. The lowest BCUT2D eigenvalue weighted by molar-refractivity contribution is -0.124. The van der Waals surface area contributed by atoms with Crippen LogP contribution in [-0.2, 0) is 11.2 Å². The molecule has 2 rings (SSSR count). The van der Waals surface area contributed by atoms with Gasteiger partial charge in [0.15, 0.2) is 0 Å². The van der Waals surface area contributed by atoms with Gasteiger partial charge in [-0.3, -0.25) is 15.1 Å². The quantitative estimate of drug-likeness (QED) is 0.252. The molecule has 1 aromatic heterocycles. The number of hydrogen-bond acceptors (Lipinski definition) is 4. The van der Waals surface area contributed by atoms with Gasteiger partial charge in [-0.25, -0.2) is 5.48 Å². The molecular formula is C20H26N4O2. The summed E-state index contributed by atoms with van der Waals surface area (Å²) in [4.78, 5) is 11.0. The Labute approximate surface area is 153 Å². The highest BCUT2D eigenvalue weighted by Gasteiger charge is 2.16. The molecule has 0 radical (unpaired) electrons. The molecule has 6 heteroatoms. The topological polar surface area (TPSA) is 102 Å². The maximum Gasteiger partial charge on any atom is 0.267 e. The molecule has 0 aliphatic carbocycles. The molecule has 0 bridgehead atoms. The fourth-order valence-electron chi connectivity index (χ4n) is 3.11. The minimum absolute atomic E-state index is 0.0845. The van der Waals surface area contributed by atoms with E-state index in [2.05, 4.69) is 17.1 Å². The molecular weight excluding hydrogens is 328 g/mol. The standard InChI is InChI=1S/C20H26N4O2/c1-4-17(19(21)11-10-18-13(2)22-23-14(18)3)16-8-5-15(6-9-16)7-12-20(25)24-26/h5-9,12,17,21,26H,4,10-11H2,1-3H3,(H,22,23)(H,24,25)/b12-7+,21-19?/t17-/m0/s1. The highest BCUT2D eigenvalue weighted by molar-refractivity contribution is 5.91.